The number of imidazole rings is 1. The fraction of sp³-hybridized carbons (Fsp3) is 0.273. The number of hydrogen-bond donors (Lipinski definition) is 3. The molecule has 0 unspecified atom stereocenters. The van der Waals surface area contributed by atoms with Crippen LogP contribution in [-0.4, -0.2) is 35.9 Å². The number of nitrogens with one attached hydrogen (secondary N) is 3. The van der Waals surface area contributed by atoms with Gasteiger partial charge in [-0.3, -0.25) is 4.79 Å². The number of aromatic amines is 1. The molecule has 0 radical (unpaired) electrons. The third kappa shape index (κ3) is 2.89. The molecule has 108 valence electrons. The van der Waals surface area contributed by atoms with Crippen molar-refractivity contribution < 1.29 is 13.2 Å². The zero-order valence-electron chi connectivity index (χ0n) is 11.0. The summed E-state index contributed by atoms with van der Waals surface area (Å²) in [5.74, 6) is -0.361. The van der Waals surface area contributed by atoms with Crippen molar-refractivity contribution in [3.63, 3.8) is 0 Å². The van der Waals surface area contributed by atoms with Crippen molar-refractivity contribution in [1.29, 1.82) is 0 Å². The second-order valence-corrected chi connectivity index (χ2v) is 6.03. The molecule has 0 aliphatic heterocycles. The van der Waals surface area contributed by atoms with Crippen molar-refractivity contribution in [2.45, 2.75) is 11.4 Å². The number of H-pyrrole nitrogens is 1. The van der Waals surface area contributed by atoms with Gasteiger partial charge in [0.2, 0.25) is 10.0 Å². The van der Waals surface area contributed by atoms with Gasteiger partial charge in [-0.05, 0) is 13.1 Å². The van der Waals surface area contributed by atoms with Gasteiger partial charge in [0.15, 0.2) is 0 Å². The maximum atomic E-state index is 12.0. The van der Waals surface area contributed by atoms with Crippen LogP contribution in [0.4, 0.5) is 0 Å². The third-order valence-electron chi connectivity index (χ3n) is 2.79. The lowest BCUT2D eigenvalue weighted by atomic mass is 10.4. The van der Waals surface area contributed by atoms with E-state index in [-0.39, 0.29) is 23.0 Å². The first-order chi connectivity index (χ1) is 9.44. The van der Waals surface area contributed by atoms with Crippen LogP contribution in [0.15, 0.2) is 29.7 Å². The van der Waals surface area contributed by atoms with Crippen LogP contribution in [0.3, 0.4) is 0 Å². The number of carbonyl (C=O) groups is 1. The van der Waals surface area contributed by atoms with Gasteiger partial charge in [0.05, 0.1) is 18.6 Å². The Morgan fingerprint density at radius 2 is 2.25 bits per heavy atom. The molecule has 2 aromatic rings. The summed E-state index contributed by atoms with van der Waals surface area (Å²) in [4.78, 5) is 18.8. The van der Waals surface area contributed by atoms with E-state index in [2.05, 4.69) is 20.0 Å². The number of amides is 1. The van der Waals surface area contributed by atoms with Crippen molar-refractivity contribution in [2.24, 2.45) is 7.05 Å². The number of carbonyl (C=O) groups excluding carboxylic acids is 1. The van der Waals surface area contributed by atoms with Crippen molar-refractivity contribution in [3.8, 4) is 0 Å². The fourth-order valence-electron chi connectivity index (χ4n) is 1.67. The lowest BCUT2D eigenvalue weighted by molar-refractivity contribution is 0.0942. The molecule has 9 heteroatoms. The second-order valence-electron chi connectivity index (χ2n) is 4.14. The van der Waals surface area contributed by atoms with Crippen LogP contribution in [0.1, 0.15) is 16.2 Å². The van der Waals surface area contributed by atoms with Gasteiger partial charge < -0.3 is 14.9 Å². The van der Waals surface area contributed by atoms with Crippen LogP contribution in [0.2, 0.25) is 0 Å². The van der Waals surface area contributed by atoms with E-state index in [1.54, 1.807) is 13.2 Å². The van der Waals surface area contributed by atoms with Crippen molar-refractivity contribution in [2.75, 3.05) is 7.05 Å². The summed E-state index contributed by atoms with van der Waals surface area (Å²) in [5.41, 5.74) is 1.02. The minimum Gasteiger partial charge on any atom is -0.347 e. The summed E-state index contributed by atoms with van der Waals surface area (Å²) in [7, 11) is -0.628. The quantitative estimate of drug-likeness (QED) is 0.696. The molecule has 0 saturated carbocycles. The molecule has 3 N–H and O–H groups in total. The van der Waals surface area contributed by atoms with Gasteiger partial charge in [-0.25, -0.2) is 18.1 Å². The fourth-order valence-corrected chi connectivity index (χ4v) is 2.47. The van der Waals surface area contributed by atoms with Crippen LogP contribution in [0.25, 0.3) is 0 Å². The smallest absolute Gasteiger partial charge is 0.268 e. The van der Waals surface area contributed by atoms with Gasteiger partial charge in [0.1, 0.15) is 10.6 Å². The monoisotopic (exact) mass is 297 g/mol. The molecular weight excluding hydrogens is 282 g/mol. The topological polar surface area (TPSA) is 109 Å². The Morgan fingerprint density at radius 1 is 1.50 bits per heavy atom. The highest BCUT2D eigenvalue weighted by atomic mass is 32.2. The summed E-state index contributed by atoms with van der Waals surface area (Å²) in [5, 5.41) is 2.68. The molecule has 2 heterocycles. The first-order valence-electron chi connectivity index (χ1n) is 5.79. The first kappa shape index (κ1) is 14.3. The standard InChI is InChI=1S/C11H15N5O3S/c1-12-20(18,19)9-3-10(16(2)6-9)11(17)14-5-8-4-13-7-15-8/h3-4,6-7,12H,5H2,1-2H3,(H,13,15)(H,14,17). The van der Waals surface area contributed by atoms with Crippen LogP contribution < -0.4 is 10.0 Å². The normalized spacial score (nSPS) is 11.5. The number of hydrogen-bond acceptors (Lipinski definition) is 4. The Labute approximate surface area is 116 Å². The molecule has 0 fully saturated rings. The summed E-state index contributed by atoms with van der Waals surface area (Å²) in [6.07, 6.45) is 4.50. The van der Waals surface area contributed by atoms with E-state index in [1.807, 2.05) is 0 Å². The first-order valence-corrected chi connectivity index (χ1v) is 7.27. The minimum atomic E-state index is -3.56. The van der Waals surface area contributed by atoms with Gasteiger partial charge in [0.25, 0.3) is 5.91 Å². The predicted molar refractivity (Wildman–Crippen MR) is 71.4 cm³/mol. The number of nitrogens with zero attached hydrogens (tertiary/aromatic N) is 2. The number of rotatable bonds is 5. The number of aryl methyl sites for hydroxylation is 1. The summed E-state index contributed by atoms with van der Waals surface area (Å²) in [6.45, 7) is 0.290. The van der Waals surface area contributed by atoms with E-state index in [9.17, 15) is 13.2 Å². The molecule has 0 saturated heterocycles. The molecule has 20 heavy (non-hydrogen) atoms. The van der Waals surface area contributed by atoms with E-state index in [0.717, 1.165) is 5.69 Å². The maximum Gasteiger partial charge on any atom is 0.268 e. The van der Waals surface area contributed by atoms with Crippen LogP contribution in [-0.2, 0) is 23.6 Å². The zero-order valence-corrected chi connectivity index (χ0v) is 11.9. The Bertz CT molecular complexity index is 703. The van der Waals surface area contributed by atoms with Crippen LogP contribution in [0, 0.1) is 0 Å². The molecular formula is C11H15N5O3S. The Morgan fingerprint density at radius 3 is 2.85 bits per heavy atom. The molecule has 2 rings (SSSR count). The van der Waals surface area contributed by atoms with E-state index in [0.29, 0.717) is 0 Å². The highest BCUT2D eigenvalue weighted by Gasteiger charge is 2.18. The molecule has 0 spiro atoms. The molecule has 0 bridgehead atoms. The van der Waals surface area contributed by atoms with Crippen molar-refractivity contribution in [1.82, 2.24) is 24.6 Å². The summed E-state index contributed by atoms with van der Waals surface area (Å²) < 4.78 is 27.0. The summed E-state index contributed by atoms with van der Waals surface area (Å²) in [6, 6.07) is 1.33. The van der Waals surface area contributed by atoms with E-state index >= 15 is 0 Å². The largest absolute Gasteiger partial charge is 0.347 e. The third-order valence-corrected chi connectivity index (χ3v) is 4.17. The van der Waals surface area contributed by atoms with Gasteiger partial charge in [0, 0.05) is 19.4 Å². The molecule has 0 aromatic carbocycles. The Kier molecular flexibility index (Phi) is 3.91. The molecule has 2 aromatic heterocycles. The summed E-state index contributed by atoms with van der Waals surface area (Å²) >= 11 is 0. The van der Waals surface area contributed by atoms with Crippen LogP contribution >= 0.6 is 0 Å². The molecule has 0 aliphatic carbocycles. The van der Waals surface area contributed by atoms with Crippen molar-refractivity contribution in [3.05, 3.63) is 36.2 Å². The average molecular weight is 297 g/mol. The van der Waals surface area contributed by atoms with E-state index < -0.39 is 10.0 Å². The van der Waals surface area contributed by atoms with Gasteiger partial charge in [-0.15, -0.1) is 0 Å². The molecule has 8 nitrogen and oxygen atoms in total. The average Bonchev–Trinajstić information content (AvgIpc) is 3.05. The van der Waals surface area contributed by atoms with E-state index in [1.165, 1.54) is 30.2 Å². The number of aromatic nitrogens is 3. The molecule has 0 aliphatic rings. The molecule has 1 amide bonds. The maximum absolute atomic E-state index is 12.0. The Balaban J connectivity index is 2.14. The van der Waals surface area contributed by atoms with Gasteiger partial charge in [-0.2, -0.15) is 0 Å². The Hall–Kier alpha value is -2.13. The zero-order chi connectivity index (χ0) is 14.8. The van der Waals surface area contributed by atoms with E-state index in [4.69, 9.17) is 0 Å². The van der Waals surface area contributed by atoms with Gasteiger partial charge in [-0.1, -0.05) is 0 Å². The van der Waals surface area contributed by atoms with Crippen molar-refractivity contribution >= 4 is 15.9 Å². The minimum absolute atomic E-state index is 0.0502. The highest BCUT2D eigenvalue weighted by molar-refractivity contribution is 7.89. The van der Waals surface area contributed by atoms with Gasteiger partial charge >= 0.3 is 0 Å². The SMILES string of the molecule is CNS(=O)(=O)c1cc(C(=O)NCc2cnc[nH]2)n(C)c1. The number of sulfonamides is 1. The molecule has 0 atom stereocenters. The second kappa shape index (κ2) is 5.47. The highest BCUT2D eigenvalue weighted by Crippen LogP contribution is 2.13. The van der Waals surface area contributed by atoms with Crippen LogP contribution in [0.5, 0.6) is 0 Å². The lowest BCUT2D eigenvalue weighted by Gasteiger charge is -2.04. The lowest BCUT2D eigenvalue weighted by Crippen LogP contribution is -2.24. The predicted octanol–water partition coefficient (Wildman–Crippen LogP) is -0.414.